The van der Waals surface area contributed by atoms with Gasteiger partial charge in [0.1, 0.15) is 0 Å². The molecule has 1 atom stereocenters. The number of hydrogen-bond donors (Lipinski definition) is 2. The van der Waals surface area contributed by atoms with Gasteiger partial charge in [0.2, 0.25) is 0 Å². The lowest BCUT2D eigenvalue weighted by Crippen LogP contribution is -2.36. The third kappa shape index (κ3) is 4.47. The van der Waals surface area contributed by atoms with Crippen molar-refractivity contribution >= 4 is 5.97 Å². The van der Waals surface area contributed by atoms with E-state index in [1.165, 1.54) is 0 Å². The predicted octanol–water partition coefficient (Wildman–Crippen LogP) is -0.150. The van der Waals surface area contributed by atoms with Crippen LogP contribution < -0.4 is 0 Å². The number of carboxylic acids is 1. The highest BCUT2D eigenvalue weighted by Crippen LogP contribution is 2.24. The zero-order chi connectivity index (χ0) is 12.2. The molecule has 16 heavy (non-hydrogen) atoms. The Morgan fingerprint density at radius 2 is 2.19 bits per heavy atom. The van der Waals surface area contributed by atoms with Crippen LogP contribution in [0.1, 0.15) is 19.3 Å². The molecule has 94 valence electrons. The molecule has 0 bridgehead atoms. The summed E-state index contributed by atoms with van der Waals surface area (Å²) >= 11 is 0. The Balaban J connectivity index is 2.26. The number of aliphatic hydroxyl groups is 1. The average Bonchev–Trinajstić information content (AvgIpc) is 2.45. The van der Waals surface area contributed by atoms with Crippen molar-refractivity contribution in [2.24, 2.45) is 0 Å². The maximum Gasteiger partial charge on any atom is 0.306 e. The Bertz CT molecular complexity index is 245. The van der Waals surface area contributed by atoms with Gasteiger partial charge in [0, 0.05) is 13.1 Å². The average molecular weight is 230 g/mol. The van der Waals surface area contributed by atoms with E-state index < -0.39 is 11.6 Å². The number of likely N-dealkylation sites (tertiary alicyclic amines) is 1. The molecule has 0 saturated carbocycles. The second-order valence-electron chi connectivity index (χ2n) is 4.98. The van der Waals surface area contributed by atoms with Crippen molar-refractivity contribution in [3.63, 3.8) is 0 Å². The lowest BCUT2D eigenvalue weighted by molar-refractivity contribution is -0.142. The molecule has 0 aromatic carbocycles. The normalized spacial score (nSPS) is 26.5. The van der Waals surface area contributed by atoms with Gasteiger partial charge >= 0.3 is 5.97 Å². The maximum atomic E-state index is 10.6. The summed E-state index contributed by atoms with van der Waals surface area (Å²) in [5.74, 6) is -0.919. The van der Waals surface area contributed by atoms with Crippen molar-refractivity contribution in [2.75, 3.05) is 40.3 Å². The fraction of sp³-hybridized carbons (Fsp3) is 0.909. The summed E-state index contributed by atoms with van der Waals surface area (Å²) in [7, 11) is 4.06. The number of aliphatic carboxylic acids is 1. The molecule has 1 rings (SSSR count). The number of carboxylic acid groups (broad SMARTS) is 1. The van der Waals surface area contributed by atoms with E-state index in [1.54, 1.807) is 0 Å². The smallest absolute Gasteiger partial charge is 0.306 e. The van der Waals surface area contributed by atoms with Crippen LogP contribution >= 0.6 is 0 Å². The SMILES string of the molecule is CN(C)CCCN1CCC(O)(CC(=O)O)C1. The molecule has 1 heterocycles. The molecular weight excluding hydrogens is 208 g/mol. The van der Waals surface area contributed by atoms with Crippen LogP contribution in [0.5, 0.6) is 0 Å². The number of rotatable bonds is 6. The van der Waals surface area contributed by atoms with Gasteiger partial charge in [-0.1, -0.05) is 0 Å². The number of carbonyl (C=O) groups is 1. The van der Waals surface area contributed by atoms with E-state index in [0.29, 0.717) is 13.0 Å². The molecule has 0 aromatic rings. The minimum Gasteiger partial charge on any atom is -0.481 e. The molecular formula is C11H22N2O3. The monoisotopic (exact) mass is 230 g/mol. The van der Waals surface area contributed by atoms with Gasteiger partial charge in [-0.3, -0.25) is 4.79 Å². The Kier molecular flexibility index (Phi) is 4.70. The van der Waals surface area contributed by atoms with Gasteiger partial charge in [-0.15, -0.1) is 0 Å². The Morgan fingerprint density at radius 3 is 2.75 bits per heavy atom. The number of hydrogen-bond acceptors (Lipinski definition) is 4. The summed E-state index contributed by atoms with van der Waals surface area (Å²) in [4.78, 5) is 14.9. The van der Waals surface area contributed by atoms with Crippen LogP contribution in [0.4, 0.5) is 0 Å². The molecule has 0 aromatic heterocycles. The molecule has 5 heteroatoms. The topological polar surface area (TPSA) is 64.0 Å². The molecule has 1 unspecified atom stereocenters. The molecule has 0 amide bonds. The van der Waals surface area contributed by atoms with Crippen LogP contribution in [0.3, 0.4) is 0 Å². The van der Waals surface area contributed by atoms with E-state index in [-0.39, 0.29) is 6.42 Å². The Morgan fingerprint density at radius 1 is 1.50 bits per heavy atom. The highest BCUT2D eigenvalue weighted by Gasteiger charge is 2.37. The molecule has 0 aliphatic carbocycles. The van der Waals surface area contributed by atoms with Crippen molar-refractivity contribution < 1.29 is 15.0 Å². The first-order chi connectivity index (χ1) is 7.41. The van der Waals surface area contributed by atoms with Gasteiger partial charge in [0.25, 0.3) is 0 Å². The van der Waals surface area contributed by atoms with Crippen molar-refractivity contribution in [1.82, 2.24) is 9.80 Å². The lowest BCUT2D eigenvalue weighted by Gasteiger charge is -2.21. The summed E-state index contributed by atoms with van der Waals surface area (Å²) in [6.45, 7) is 3.25. The van der Waals surface area contributed by atoms with Gasteiger partial charge in [0.15, 0.2) is 0 Å². The van der Waals surface area contributed by atoms with Crippen LogP contribution in [0, 0.1) is 0 Å². The van der Waals surface area contributed by atoms with E-state index in [0.717, 1.165) is 26.1 Å². The molecule has 0 spiro atoms. The largest absolute Gasteiger partial charge is 0.481 e. The standard InChI is InChI=1S/C11H22N2O3/c1-12(2)5-3-6-13-7-4-11(16,9-13)8-10(14)15/h16H,3-9H2,1-2H3,(H,14,15). The van der Waals surface area contributed by atoms with Crippen LogP contribution in [0.25, 0.3) is 0 Å². The highest BCUT2D eigenvalue weighted by atomic mass is 16.4. The molecule has 0 radical (unpaired) electrons. The summed E-state index contributed by atoms with van der Waals surface area (Å²) in [6, 6.07) is 0. The van der Waals surface area contributed by atoms with E-state index in [4.69, 9.17) is 5.11 Å². The second-order valence-corrected chi connectivity index (χ2v) is 4.98. The quantitative estimate of drug-likeness (QED) is 0.664. The van der Waals surface area contributed by atoms with Gasteiger partial charge < -0.3 is 20.0 Å². The first-order valence-electron chi connectivity index (χ1n) is 5.72. The zero-order valence-electron chi connectivity index (χ0n) is 10.1. The maximum absolute atomic E-state index is 10.6. The van der Waals surface area contributed by atoms with Crippen LogP contribution in [0.2, 0.25) is 0 Å². The van der Waals surface area contributed by atoms with Crippen molar-refractivity contribution in [1.29, 1.82) is 0 Å². The fourth-order valence-electron chi connectivity index (χ4n) is 2.17. The highest BCUT2D eigenvalue weighted by molar-refractivity contribution is 5.68. The lowest BCUT2D eigenvalue weighted by atomic mass is 9.99. The molecule has 5 nitrogen and oxygen atoms in total. The van der Waals surface area contributed by atoms with Gasteiger partial charge in [0.05, 0.1) is 12.0 Å². The van der Waals surface area contributed by atoms with E-state index >= 15 is 0 Å². The van der Waals surface area contributed by atoms with E-state index in [2.05, 4.69) is 9.80 Å². The first kappa shape index (κ1) is 13.4. The molecule has 1 aliphatic heterocycles. The van der Waals surface area contributed by atoms with Gasteiger partial charge in [-0.05, 0) is 40.0 Å². The Hall–Kier alpha value is -0.650. The minimum atomic E-state index is -1.01. The molecule has 1 saturated heterocycles. The minimum absolute atomic E-state index is 0.142. The van der Waals surface area contributed by atoms with Crippen molar-refractivity contribution in [3.8, 4) is 0 Å². The molecule has 1 aliphatic rings. The summed E-state index contributed by atoms with van der Waals surface area (Å²) in [5.41, 5.74) is -1.01. The summed E-state index contributed by atoms with van der Waals surface area (Å²) in [5, 5.41) is 18.7. The first-order valence-corrected chi connectivity index (χ1v) is 5.72. The zero-order valence-corrected chi connectivity index (χ0v) is 10.1. The number of nitrogens with zero attached hydrogens (tertiary/aromatic N) is 2. The van der Waals surface area contributed by atoms with Gasteiger partial charge in [-0.2, -0.15) is 0 Å². The predicted molar refractivity (Wildman–Crippen MR) is 61.4 cm³/mol. The summed E-state index contributed by atoms with van der Waals surface area (Å²) in [6.07, 6.45) is 1.48. The van der Waals surface area contributed by atoms with Crippen LogP contribution in [-0.2, 0) is 4.79 Å². The van der Waals surface area contributed by atoms with E-state index in [9.17, 15) is 9.90 Å². The summed E-state index contributed by atoms with van der Waals surface area (Å²) < 4.78 is 0. The van der Waals surface area contributed by atoms with Crippen molar-refractivity contribution in [3.05, 3.63) is 0 Å². The van der Waals surface area contributed by atoms with E-state index in [1.807, 2.05) is 14.1 Å². The number of β-amino-alcohol motifs (C(OH)–C–C–N with tert-alkyl or cyclic N) is 1. The molecule has 1 fully saturated rings. The third-order valence-corrected chi connectivity index (χ3v) is 2.97. The fourth-order valence-corrected chi connectivity index (χ4v) is 2.17. The van der Waals surface area contributed by atoms with Gasteiger partial charge in [-0.25, -0.2) is 0 Å². The second kappa shape index (κ2) is 5.61. The third-order valence-electron chi connectivity index (χ3n) is 2.97. The van der Waals surface area contributed by atoms with Crippen LogP contribution in [-0.4, -0.2) is 71.9 Å². The molecule has 2 N–H and O–H groups in total. The van der Waals surface area contributed by atoms with Crippen LogP contribution in [0.15, 0.2) is 0 Å². The Labute approximate surface area is 96.7 Å². The van der Waals surface area contributed by atoms with Crippen molar-refractivity contribution in [2.45, 2.75) is 24.9 Å².